The van der Waals surface area contributed by atoms with Gasteiger partial charge in [0.2, 0.25) is 5.95 Å². The molecule has 0 radical (unpaired) electrons. The van der Waals surface area contributed by atoms with E-state index in [0.717, 1.165) is 6.20 Å². The molecule has 2 aromatic rings. The maximum Gasteiger partial charge on any atom is 0.278 e. The number of methoxy groups -OCH3 is 1. The van der Waals surface area contributed by atoms with Gasteiger partial charge in [0, 0.05) is 11.5 Å². The van der Waals surface area contributed by atoms with E-state index in [1.54, 1.807) is 6.07 Å². The molecule has 2 heterocycles. The molecule has 1 atom stereocenters. The van der Waals surface area contributed by atoms with E-state index in [4.69, 9.17) is 20.6 Å². The summed E-state index contributed by atoms with van der Waals surface area (Å²) in [5, 5.41) is 9.51. The zero-order valence-corrected chi connectivity index (χ0v) is 14.5. The first-order valence-electron chi connectivity index (χ1n) is 7.94. The van der Waals surface area contributed by atoms with Crippen LogP contribution >= 0.6 is 0 Å². The zero-order valence-electron chi connectivity index (χ0n) is 14.5. The first-order chi connectivity index (χ1) is 12.9. The van der Waals surface area contributed by atoms with E-state index in [1.807, 2.05) is 0 Å². The number of nitrogens with one attached hydrogen (secondary N) is 2. The normalized spacial score (nSPS) is 11.5. The van der Waals surface area contributed by atoms with Gasteiger partial charge in [0.05, 0.1) is 38.5 Å². The molecule has 0 aromatic carbocycles. The molecule has 0 aliphatic heterocycles. The largest absolute Gasteiger partial charge is 0.495 e. The summed E-state index contributed by atoms with van der Waals surface area (Å²) in [6.45, 7) is -0.910. The minimum Gasteiger partial charge on any atom is -0.495 e. The Labute approximate surface area is 154 Å². The van der Waals surface area contributed by atoms with Crippen LogP contribution in [0.3, 0.4) is 0 Å². The summed E-state index contributed by atoms with van der Waals surface area (Å²) in [5.41, 5.74) is 5.37. The lowest BCUT2D eigenvalue weighted by atomic mass is 9.98. The van der Waals surface area contributed by atoms with Crippen molar-refractivity contribution < 1.29 is 23.0 Å². The highest BCUT2D eigenvalue weighted by Crippen LogP contribution is 2.25. The second kappa shape index (κ2) is 9.41. The third-order valence-electron chi connectivity index (χ3n) is 3.68. The lowest BCUT2D eigenvalue weighted by Crippen LogP contribution is -2.18. The molecule has 2 aromatic heterocycles. The maximum absolute atomic E-state index is 14.0. The SMILES string of the molecule is COc1ccc(C(=O)Nc2cnc(F)c(C(CF)CCOC(=N)N)c2)nc1. The summed E-state index contributed by atoms with van der Waals surface area (Å²) in [5.74, 6) is -1.74. The van der Waals surface area contributed by atoms with Gasteiger partial charge in [-0.2, -0.15) is 4.39 Å². The lowest BCUT2D eigenvalue weighted by Gasteiger charge is -2.15. The topological polar surface area (TPSA) is 123 Å². The fraction of sp³-hybridized carbons (Fsp3) is 0.294. The molecule has 0 aliphatic carbocycles. The highest BCUT2D eigenvalue weighted by Gasteiger charge is 2.19. The molecule has 4 N–H and O–H groups in total. The summed E-state index contributed by atoms with van der Waals surface area (Å²) in [7, 11) is 1.48. The number of pyridine rings is 2. The first-order valence-corrected chi connectivity index (χ1v) is 7.94. The number of anilines is 1. The van der Waals surface area contributed by atoms with Gasteiger partial charge in [-0.15, -0.1) is 0 Å². The second-order valence-corrected chi connectivity index (χ2v) is 5.49. The molecular weight excluding hydrogens is 360 g/mol. The van der Waals surface area contributed by atoms with Crippen LogP contribution in [0, 0.1) is 11.4 Å². The Balaban J connectivity index is 2.12. The van der Waals surface area contributed by atoms with Crippen LogP contribution in [0.25, 0.3) is 0 Å². The number of rotatable bonds is 8. The molecule has 0 fully saturated rings. The Kier molecular flexibility index (Phi) is 6.98. The number of aromatic nitrogens is 2. The summed E-state index contributed by atoms with van der Waals surface area (Å²) in [6, 6.07) is 3.85. The Morgan fingerprint density at radius 3 is 2.74 bits per heavy atom. The van der Waals surface area contributed by atoms with Crippen LogP contribution in [0.5, 0.6) is 5.75 Å². The van der Waals surface area contributed by atoms with Crippen molar-refractivity contribution in [3.8, 4) is 5.75 Å². The lowest BCUT2D eigenvalue weighted by molar-refractivity contribution is 0.102. The summed E-state index contributed by atoms with van der Waals surface area (Å²) < 4.78 is 37.1. The molecule has 1 amide bonds. The predicted octanol–water partition coefficient (Wildman–Crippen LogP) is 2.23. The second-order valence-electron chi connectivity index (χ2n) is 5.49. The monoisotopic (exact) mass is 379 g/mol. The number of ether oxygens (including phenoxy) is 2. The molecule has 0 bridgehead atoms. The number of hydrogen-bond acceptors (Lipinski definition) is 6. The minimum absolute atomic E-state index is 0.00913. The van der Waals surface area contributed by atoms with Crippen LogP contribution in [-0.2, 0) is 4.74 Å². The van der Waals surface area contributed by atoms with E-state index >= 15 is 0 Å². The fourth-order valence-corrected chi connectivity index (χ4v) is 2.28. The van der Waals surface area contributed by atoms with Gasteiger partial charge in [-0.1, -0.05) is 0 Å². The van der Waals surface area contributed by atoms with E-state index < -0.39 is 30.5 Å². The van der Waals surface area contributed by atoms with Crippen LogP contribution in [0.15, 0.2) is 30.6 Å². The quantitative estimate of drug-likeness (QED) is 0.367. The van der Waals surface area contributed by atoms with Gasteiger partial charge in [-0.05, 0) is 24.6 Å². The van der Waals surface area contributed by atoms with Crippen molar-refractivity contribution in [3.63, 3.8) is 0 Å². The molecular formula is C17H19F2N5O3. The van der Waals surface area contributed by atoms with E-state index in [0.29, 0.717) is 5.75 Å². The molecule has 27 heavy (non-hydrogen) atoms. The van der Waals surface area contributed by atoms with Crippen LogP contribution in [0.2, 0.25) is 0 Å². The first kappa shape index (κ1) is 20.0. The smallest absolute Gasteiger partial charge is 0.278 e. The number of nitrogens with two attached hydrogens (primary N) is 1. The van der Waals surface area contributed by atoms with Crippen LogP contribution in [0.4, 0.5) is 14.5 Å². The molecule has 10 heteroatoms. The maximum atomic E-state index is 14.0. The number of nitrogens with zero attached hydrogens (tertiary/aromatic N) is 2. The third kappa shape index (κ3) is 5.59. The van der Waals surface area contributed by atoms with Crippen molar-refractivity contribution >= 4 is 17.6 Å². The van der Waals surface area contributed by atoms with Crippen molar-refractivity contribution in [2.75, 3.05) is 25.7 Å². The van der Waals surface area contributed by atoms with Gasteiger partial charge in [0.15, 0.2) is 0 Å². The van der Waals surface area contributed by atoms with Gasteiger partial charge >= 0.3 is 0 Å². The third-order valence-corrected chi connectivity index (χ3v) is 3.68. The predicted molar refractivity (Wildman–Crippen MR) is 94.1 cm³/mol. The Hall–Kier alpha value is -3.30. The van der Waals surface area contributed by atoms with Crippen molar-refractivity contribution in [2.24, 2.45) is 5.73 Å². The van der Waals surface area contributed by atoms with Crippen LogP contribution in [-0.4, -0.2) is 42.3 Å². The molecule has 0 aliphatic rings. The highest BCUT2D eigenvalue weighted by molar-refractivity contribution is 6.02. The van der Waals surface area contributed by atoms with E-state index in [1.165, 1.54) is 25.4 Å². The van der Waals surface area contributed by atoms with Crippen molar-refractivity contribution in [2.45, 2.75) is 12.3 Å². The molecule has 0 saturated heterocycles. The number of halogens is 2. The molecule has 1 unspecified atom stereocenters. The molecule has 144 valence electrons. The molecule has 0 spiro atoms. The Morgan fingerprint density at radius 2 is 2.15 bits per heavy atom. The van der Waals surface area contributed by atoms with Crippen molar-refractivity contribution in [1.82, 2.24) is 9.97 Å². The van der Waals surface area contributed by atoms with E-state index in [2.05, 4.69) is 15.3 Å². The molecule has 0 saturated carbocycles. The van der Waals surface area contributed by atoms with Crippen molar-refractivity contribution in [1.29, 1.82) is 5.41 Å². The number of hydrogen-bond donors (Lipinski definition) is 3. The van der Waals surface area contributed by atoms with E-state index in [9.17, 15) is 13.6 Å². The van der Waals surface area contributed by atoms with Gasteiger partial charge in [-0.3, -0.25) is 14.6 Å². The van der Waals surface area contributed by atoms with Crippen LogP contribution < -0.4 is 15.8 Å². The standard InChI is InChI=1S/C17H19F2N5O3/c1-26-12-2-3-14(22-9-12)16(25)24-11-6-13(15(19)23-8-11)10(7-18)4-5-27-17(20)21/h2-3,6,8-10H,4-5,7H2,1H3,(H3,20,21)(H,24,25). The van der Waals surface area contributed by atoms with Crippen molar-refractivity contribution in [3.05, 3.63) is 47.8 Å². The average molecular weight is 379 g/mol. The van der Waals surface area contributed by atoms with E-state index in [-0.39, 0.29) is 30.0 Å². The molecule has 2 rings (SSSR count). The fourth-order valence-electron chi connectivity index (χ4n) is 2.28. The summed E-state index contributed by atoms with van der Waals surface area (Å²) >= 11 is 0. The number of amides is 1. The van der Waals surface area contributed by atoms with Gasteiger partial charge in [-0.25, -0.2) is 9.97 Å². The Morgan fingerprint density at radius 1 is 1.37 bits per heavy atom. The minimum atomic E-state index is -0.864. The van der Waals surface area contributed by atoms with Gasteiger partial charge in [0.1, 0.15) is 11.4 Å². The zero-order chi connectivity index (χ0) is 19.8. The number of amidine groups is 1. The number of carbonyl (C=O) groups is 1. The number of carbonyl (C=O) groups excluding carboxylic acids is 1. The summed E-state index contributed by atoms with van der Waals surface area (Å²) in [4.78, 5) is 19.8. The molecule has 8 nitrogen and oxygen atoms in total. The summed E-state index contributed by atoms with van der Waals surface area (Å²) in [6.07, 6.45) is 2.60. The number of alkyl halides is 1. The highest BCUT2D eigenvalue weighted by atomic mass is 19.1. The van der Waals surface area contributed by atoms with Gasteiger partial charge < -0.3 is 20.5 Å². The average Bonchev–Trinajstić information content (AvgIpc) is 2.67. The van der Waals surface area contributed by atoms with Crippen LogP contribution in [0.1, 0.15) is 28.4 Å². The van der Waals surface area contributed by atoms with Gasteiger partial charge in [0.25, 0.3) is 11.9 Å². The Bertz CT molecular complexity index is 802.